The molecule has 4 rings (SSSR count). The summed E-state index contributed by atoms with van der Waals surface area (Å²) < 4.78 is 22.6. The second kappa shape index (κ2) is 8.25. The first-order valence-corrected chi connectivity index (χ1v) is 9.63. The van der Waals surface area contributed by atoms with E-state index >= 15 is 0 Å². The van der Waals surface area contributed by atoms with Gasteiger partial charge >= 0.3 is 0 Å². The molecule has 0 spiro atoms. The number of hydrogen-bond donors (Lipinski definition) is 0. The molecule has 0 radical (unpaired) electrons. The van der Waals surface area contributed by atoms with Gasteiger partial charge in [-0.1, -0.05) is 11.6 Å². The molecule has 2 heterocycles. The third kappa shape index (κ3) is 3.86. The van der Waals surface area contributed by atoms with Gasteiger partial charge < -0.3 is 18.6 Å². The van der Waals surface area contributed by atoms with Crippen molar-refractivity contribution in [2.24, 2.45) is 4.99 Å². The number of halogens is 1. The fourth-order valence-corrected chi connectivity index (χ4v) is 3.56. The first-order valence-electron chi connectivity index (χ1n) is 9.26. The maximum absolute atomic E-state index is 6.21. The largest absolute Gasteiger partial charge is 0.493 e. The smallest absolute Gasteiger partial charge is 0.161 e. The number of benzene rings is 2. The van der Waals surface area contributed by atoms with E-state index in [4.69, 9.17) is 35.2 Å². The van der Waals surface area contributed by atoms with Gasteiger partial charge in [0.2, 0.25) is 0 Å². The molecule has 1 aliphatic heterocycles. The molecule has 6 heteroatoms. The molecule has 0 unspecified atom stereocenters. The van der Waals surface area contributed by atoms with E-state index in [9.17, 15) is 0 Å². The lowest BCUT2D eigenvalue weighted by atomic mass is 10.1. The van der Waals surface area contributed by atoms with Crippen LogP contribution in [0.3, 0.4) is 0 Å². The van der Waals surface area contributed by atoms with Crippen LogP contribution in [-0.2, 0) is 4.74 Å². The lowest BCUT2D eigenvalue weighted by Crippen LogP contribution is -2.13. The maximum atomic E-state index is 6.21. The van der Waals surface area contributed by atoms with Crippen LogP contribution in [0.5, 0.6) is 11.5 Å². The maximum Gasteiger partial charge on any atom is 0.161 e. The van der Waals surface area contributed by atoms with Gasteiger partial charge in [0.05, 0.1) is 32.2 Å². The Hall–Kier alpha value is -2.50. The van der Waals surface area contributed by atoms with Gasteiger partial charge in [-0.05, 0) is 49.2 Å². The minimum atomic E-state index is 0.177. The minimum Gasteiger partial charge on any atom is -0.493 e. The summed E-state index contributed by atoms with van der Waals surface area (Å²) in [6.07, 6.45) is 2.31. The molecular weight excluding hydrogens is 378 g/mol. The summed E-state index contributed by atoms with van der Waals surface area (Å²) in [5, 5.41) is 2.37. The van der Waals surface area contributed by atoms with Gasteiger partial charge in [-0.15, -0.1) is 0 Å². The average molecular weight is 400 g/mol. The topological polar surface area (TPSA) is 53.2 Å². The Balaban J connectivity index is 1.83. The Bertz CT molecular complexity index is 1050. The zero-order chi connectivity index (χ0) is 19.5. The van der Waals surface area contributed by atoms with Crippen LogP contribution in [0.1, 0.15) is 12.8 Å². The number of nitrogens with zero attached hydrogens (tertiary/aromatic N) is 1. The Labute approximate surface area is 168 Å². The van der Waals surface area contributed by atoms with E-state index in [1.807, 2.05) is 42.5 Å². The highest BCUT2D eigenvalue weighted by atomic mass is 35.5. The third-order valence-electron chi connectivity index (χ3n) is 4.86. The highest BCUT2D eigenvalue weighted by Crippen LogP contribution is 2.33. The van der Waals surface area contributed by atoms with Gasteiger partial charge in [-0.3, -0.25) is 4.99 Å². The number of ether oxygens (including phenoxy) is 3. The zero-order valence-electron chi connectivity index (χ0n) is 15.9. The van der Waals surface area contributed by atoms with Crippen molar-refractivity contribution in [1.29, 1.82) is 0 Å². The van der Waals surface area contributed by atoms with Gasteiger partial charge in [-0.25, -0.2) is 0 Å². The van der Waals surface area contributed by atoms with Crippen molar-refractivity contribution in [3.63, 3.8) is 0 Å². The van der Waals surface area contributed by atoms with E-state index in [-0.39, 0.29) is 6.10 Å². The average Bonchev–Trinajstić information content (AvgIpc) is 3.25. The highest BCUT2D eigenvalue weighted by molar-refractivity contribution is 6.31. The predicted octanol–water partition coefficient (Wildman–Crippen LogP) is 4.85. The molecule has 0 aliphatic carbocycles. The van der Waals surface area contributed by atoms with Crippen molar-refractivity contribution in [1.82, 2.24) is 0 Å². The van der Waals surface area contributed by atoms with Crippen LogP contribution in [0.4, 0.5) is 0 Å². The fourth-order valence-electron chi connectivity index (χ4n) is 3.39. The van der Waals surface area contributed by atoms with Crippen molar-refractivity contribution in [2.45, 2.75) is 18.9 Å². The lowest BCUT2D eigenvalue weighted by molar-refractivity contribution is 0.117. The summed E-state index contributed by atoms with van der Waals surface area (Å²) in [5.74, 6) is 2.01. The van der Waals surface area contributed by atoms with Crippen molar-refractivity contribution in [3.8, 4) is 22.8 Å². The van der Waals surface area contributed by atoms with E-state index < -0.39 is 0 Å². The van der Waals surface area contributed by atoms with Gasteiger partial charge in [-0.2, -0.15) is 0 Å². The second-order valence-electron chi connectivity index (χ2n) is 6.68. The summed E-state index contributed by atoms with van der Waals surface area (Å²) in [4.78, 5) is 4.82. The molecule has 0 saturated carbocycles. The quantitative estimate of drug-likeness (QED) is 0.615. The minimum absolute atomic E-state index is 0.177. The zero-order valence-corrected chi connectivity index (χ0v) is 16.7. The summed E-state index contributed by atoms with van der Waals surface area (Å²) >= 11 is 6.21. The number of methoxy groups -OCH3 is 2. The Kier molecular flexibility index (Phi) is 5.55. The predicted molar refractivity (Wildman–Crippen MR) is 109 cm³/mol. The molecule has 0 N–H and O–H groups in total. The van der Waals surface area contributed by atoms with E-state index in [0.717, 1.165) is 41.3 Å². The summed E-state index contributed by atoms with van der Waals surface area (Å²) in [6, 6.07) is 13.2. The van der Waals surface area contributed by atoms with Crippen LogP contribution in [0.25, 0.3) is 22.3 Å². The van der Waals surface area contributed by atoms with Crippen molar-refractivity contribution < 1.29 is 18.6 Å². The van der Waals surface area contributed by atoms with Gasteiger partial charge in [0.15, 0.2) is 11.5 Å². The summed E-state index contributed by atoms with van der Waals surface area (Å²) in [7, 11) is 3.23. The van der Waals surface area contributed by atoms with Crippen molar-refractivity contribution >= 4 is 22.6 Å². The molecule has 1 aromatic heterocycles. The highest BCUT2D eigenvalue weighted by Gasteiger charge is 2.15. The van der Waals surface area contributed by atoms with Crippen molar-refractivity contribution in [3.05, 3.63) is 52.8 Å². The molecule has 0 amide bonds. The van der Waals surface area contributed by atoms with E-state index in [2.05, 4.69) is 0 Å². The molecule has 146 valence electrons. The molecule has 5 nitrogen and oxygen atoms in total. The first kappa shape index (κ1) is 18.8. The summed E-state index contributed by atoms with van der Waals surface area (Å²) in [6.45, 7) is 1.44. The van der Waals surface area contributed by atoms with E-state index in [1.54, 1.807) is 14.2 Å². The van der Waals surface area contributed by atoms with E-state index in [1.165, 1.54) is 0 Å². The van der Waals surface area contributed by atoms with Gasteiger partial charge in [0.25, 0.3) is 0 Å². The van der Waals surface area contributed by atoms with Crippen LogP contribution < -0.4 is 14.8 Å². The molecule has 1 aliphatic rings. The molecule has 1 saturated heterocycles. The molecule has 1 fully saturated rings. The third-order valence-corrected chi connectivity index (χ3v) is 5.10. The molecule has 28 heavy (non-hydrogen) atoms. The first-order chi connectivity index (χ1) is 13.7. The number of fused-ring (bicyclic) bond motifs is 1. The van der Waals surface area contributed by atoms with Crippen LogP contribution in [0, 0.1) is 0 Å². The van der Waals surface area contributed by atoms with Crippen LogP contribution in [-0.4, -0.2) is 33.5 Å². The van der Waals surface area contributed by atoms with Crippen LogP contribution in [0.2, 0.25) is 5.02 Å². The Morgan fingerprint density at radius 2 is 1.93 bits per heavy atom. The Morgan fingerprint density at radius 1 is 1.07 bits per heavy atom. The molecule has 1 atom stereocenters. The van der Waals surface area contributed by atoms with E-state index in [0.29, 0.717) is 28.8 Å². The molecule has 3 aromatic rings. The number of hydrogen-bond acceptors (Lipinski definition) is 5. The van der Waals surface area contributed by atoms with Crippen molar-refractivity contribution in [2.75, 3.05) is 27.4 Å². The Morgan fingerprint density at radius 3 is 2.68 bits per heavy atom. The van der Waals surface area contributed by atoms with Gasteiger partial charge in [0.1, 0.15) is 11.3 Å². The van der Waals surface area contributed by atoms with Crippen LogP contribution in [0.15, 0.2) is 51.9 Å². The standard InChI is InChI=1S/C22H22ClNO4/c1-25-20-7-5-14(10-22(20)26-2)21-12-18(24-13-16-4-3-9-27-16)17-11-15(23)6-8-19(17)28-21/h5-8,10-12,16H,3-4,9,13H2,1-2H3/t16-/m1/s1. The number of rotatable bonds is 5. The lowest BCUT2D eigenvalue weighted by Gasteiger charge is -2.10. The molecule has 2 aromatic carbocycles. The normalized spacial score (nSPS) is 17.2. The SMILES string of the molecule is COc1ccc(-c2cc(=NC[C@H]3CCCO3)c3cc(Cl)ccc3o2)cc1OC. The van der Waals surface area contributed by atoms with Crippen LogP contribution >= 0.6 is 11.6 Å². The van der Waals surface area contributed by atoms with Gasteiger partial charge in [0, 0.05) is 28.6 Å². The summed E-state index contributed by atoms with van der Waals surface area (Å²) in [5.41, 5.74) is 1.60. The molecule has 0 bridgehead atoms. The molecular formula is C22H22ClNO4. The monoisotopic (exact) mass is 399 g/mol. The fraction of sp³-hybridized carbons (Fsp3) is 0.318. The second-order valence-corrected chi connectivity index (χ2v) is 7.12.